The molecule has 1 rings (SSSR count). The van der Waals surface area contributed by atoms with Crippen LogP contribution in [0.5, 0.6) is 0 Å². The van der Waals surface area contributed by atoms with E-state index in [9.17, 15) is 5.11 Å². The van der Waals surface area contributed by atoms with Crippen LogP contribution >= 0.6 is 0 Å². The van der Waals surface area contributed by atoms with Crippen molar-refractivity contribution in [3.8, 4) is 0 Å². The van der Waals surface area contributed by atoms with E-state index in [1.165, 1.54) is 51.4 Å². The Bertz CT molecular complexity index is 182. The molecule has 2 atom stereocenters. The van der Waals surface area contributed by atoms with Crippen LogP contribution in [0.1, 0.15) is 78.6 Å². The normalized spacial score (nSPS) is 21.7. The number of rotatable bonds is 7. The highest BCUT2D eigenvalue weighted by atomic mass is 16.3. The highest BCUT2D eigenvalue weighted by molar-refractivity contribution is 4.69. The first-order chi connectivity index (χ1) is 8.09. The van der Waals surface area contributed by atoms with E-state index in [1.54, 1.807) is 0 Å². The van der Waals surface area contributed by atoms with Crippen LogP contribution in [0.3, 0.4) is 0 Å². The van der Waals surface area contributed by atoms with Gasteiger partial charge in [0.25, 0.3) is 0 Å². The van der Waals surface area contributed by atoms with Gasteiger partial charge in [-0.1, -0.05) is 65.7 Å². The molecule has 0 aromatic rings. The molecule has 1 saturated carbocycles. The monoisotopic (exact) mass is 240 g/mol. The fourth-order valence-electron chi connectivity index (χ4n) is 3.12. The van der Waals surface area contributed by atoms with E-state index in [1.807, 2.05) is 0 Å². The van der Waals surface area contributed by atoms with Crippen LogP contribution in [0.4, 0.5) is 0 Å². The maximum absolute atomic E-state index is 9.76. The molecule has 1 nitrogen and oxygen atoms in total. The van der Waals surface area contributed by atoms with Gasteiger partial charge in [-0.25, -0.2) is 0 Å². The highest BCUT2D eigenvalue weighted by Crippen LogP contribution is 2.30. The zero-order valence-corrected chi connectivity index (χ0v) is 12.1. The summed E-state index contributed by atoms with van der Waals surface area (Å²) in [6, 6.07) is 0. The molecule has 0 saturated heterocycles. The van der Waals surface area contributed by atoms with Crippen LogP contribution in [-0.4, -0.2) is 11.2 Å². The van der Waals surface area contributed by atoms with E-state index in [4.69, 9.17) is 0 Å². The molecule has 1 aliphatic rings. The van der Waals surface area contributed by atoms with Crippen molar-refractivity contribution < 1.29 is 5.11 Å². The van der Waals surface area contributed by atoms with Crippen molar-refractivity contribution in [3.05, 3.63) is 0 Å². The van der Waals surface area contributed by atoms with E-state index in [0.29, 0.717) is 5.92 Å². The van der Waals surface area contributed by atoms with Gasteiger partial charge in [-0.15, -0.1) is 0 Å². The van der Waals surface area contributed by atoms with Crippen molar-refractivity contribution in [1.82, 2.24) is 0 Å². The maximum atomic E-state index is 9.76. The Kier molecular flexibility index (Phi) is 7.18. The molecule has 17 heavy (non-hydrogen) atoms. The Morgan fingerprint density at radius 2 is 1.65 bits per heavy atom. The molecule has 0 bridgehead atoms. The zero-order chi connectivity index (χ0) is 12.7. The summed E-state index contributed by atoms with van der Waals surface area (Å²) < 4.78 is 0. The van der Waals surface area contributed by atoms with Crippen LogP contribution in [0.2, 0.25) is 0 Å². The zero-order valence-electron chi connectivity index (χ0n) is 12.1. The van der Waals surface area contributed by atoms with Gasteiger partial charge in [-0.05, 0) is 30.6 Å². The van der Waals surface area contributed by atoms with Gasteiger partial charge >= 0.3 is 0 Å². The second-order valence-electron chi connectivity index (χ2n) is 6.59. The average molecular weight is 240 g/mol. The van der Waals surface area contributed by atoms with E-state index in [-0.39, 0.29) is 6.10 Å². The summed E-state index contributed by atoms with van der Waals surface area (Å²) in [5.41, 5.74) is 0. The first-order valence-corrected chi connectivity index (χ1v) is 7.77. The van der Waals surface area contributed by atoms with Crippen LogP contribution in [0, 0.1) is 17.8 Å². The molecule has 102 valence electrons. The third-order valence-corrected chi connectivity index (χ3v) is 4.43. The molecule has 0 radical (unpaired) electrons. The van der Waals surface area contributed by atoms with Crippen LogP contribution < -0.4 is 0 Å². The number of aliphatic hydroxyl groups excluding tert-OH is 1. The van der Waals surface area contributed by atoms with Gasteiger partial charge in [0.1, 0.15) is 0 Å². The van der Waals surface area contributed by atoms with Crippen LogP contribution in [-0.2, 0) is 0 Å². The van der Waals surface area contributed by atoms with Gasteiger partial charge < -0.3 is 5.11 Å². The molecule has 0 heterocycles. The molecule has 1 heteroatoms. The molecule has 1 fully saturated rings. The number of aliphatic hydroxyl groups is 1. The van der Waals surface area contributed by atoms with Gasteiger partial charge in [0.2, 0.25) is 0 Å². The minimum Gasteiger partial charge on any atom is -0.393 e. The van der Waals surface area contributed by atoms with Gasteiger partial charge in [0.05, 0.1) is 6.10 Å². The van der Waals surface area contributed by atoms with Crippen LogP contribution in [0.25, 0.3) is 0 Å². The molecule has 0 aromatic heterocycles. The molecule has 2 unspecified atom stereocenters. The summed E-state index contributed by atoms with van der Waals surface area (Å²) in [5.74, 6) is 2.29. The first-order valence-electron chi connectivity index (χ1n) is 7.77. The first kappa shape index (κ1) is 15.0. The largest absolute Gasteiger partial charge is 0.393 e. The smallest absolute Gasteiger partial charge is 0.0563 e. The maximum Gasteiger partial charge on any atom is 0.0563 e. The second kappa shape index (κ2) is 8.13. The van der Waals surface area contributed by atoms with Crippen molar-refractivity contribution in [1.29, 1.82) is 0 Å². The lowest BCUT2D eigenvalue weighted by Gasteiger charge is -2.25. The highest BCUT2D eigenvalue weighted by Gasteiger charge is 2.16. The molecule has 1 aliphatic carbocycles. The lowest BCUT2D eigenvalue weighted by Crippen LogP contribution is -2.15. The summed E-state index contributed by atoms with van der Waals surface area (Å²) in [6.07, 6.45) is 12.2. The quantitative estimate of drug-likeness (QED) is 0.679. The third kappa shape index (κ3) is 6.45. The number of hydrogen-bond acceptors (Lipinski definition) is 1. The Morgan fingerprint density at radius 3 is 2.24 bits per heavy atom. The Balaban J connectivity index is 2.06. The van der Waals surface area contributed by atoms with Crippen molar-refractivity contribution in [2.24, 2.45) is 17.8 Å². The summed E-state index contributed by atoms with van der Waals surface area (Å²) in [5, 5.41) is 9.76. The minimum absolute atomic E-state index is 0.0862. The average Bonchev–Trinajstić information content (AvgIpc) is 2.30. The van der Waals surface area contributed by atoms with Gasteiger partial charge in [0.15, 0.2) is 0 Å². The molecule has 0 aliphatic heterocycles. The Morgan fingerprint density at radius 1 is 1.00 bits per heavy atom. The predicted molar refractivity (Wildman–Crippen MR) is 75.1 cm³/mol. The van der Waals surface area contributed by atoms with E-state index in [2.05, 4.69) is 20.8 Å². The molecule has 0 amide bonds. The number of hydrogen-bond donors (Lipinski definition) is 1. The summed E-state index contributed by atoms with van der Waals surface area (Å²) >= 11 is 0. The van der Waals surface area contributed by atoms with Crippen molar-refractivity contribution in [2.45, 2.75) is 84.7 Å². The van der Waals surface area contributed by atoms with E-state index in [0.717, 1.165) is 18.3 Å². The SMILES string of the molecule is CC(CCCC(O)C(C)C)CC1CCCCC1. The summed E-state index contributed by atoms with van der Waals surface area (Å²) in [4.78, 5) is 0. The predicted octanol–water partition coefficient (Wildman–Crippen LogP) is 4.78. The summed E-state index contributed by atoms with van der Waals surface area (Å²) in [7, 11) is 0. The van der Waals surface area contributed by atoms with Gasteiger partial charge in [0, 0.05) is 0 Å². The topological polar surface area (TPSA) is 20.2 Å². The standard InChI is InChI=1S/C16H32O/c1-13(2)16(17)11-7-8-14(3)12-15-9-5-4-6-10-15/h13-17H,4-12H2,1-3H3. The molecule has 0 aromatic carbocycles. The molecular weight excluding hydrogens is 208 g/mol. The molecular formula is C16H32O. The molecule has 0 spiro atoms. The van der Waals surface area contributed by atoms with E-state index >= 15 is 0 Å². The Hall–Kier alpha value is -0.0400. The van der Waals surface area contributed by atoms with E-state index < -0.39 is 0 Å². The lowest BCUT2D eigenvalue weighted by atomic mass is 9.82. The summed E-state index contributed by atoms with van der Waals surface area (Å²) in [6.45, 7) is 6.61. The van der Waals surface area contributed by atoms with Crippen molar-refractivity contribution in [2.75, 3.05) is 0 Å². The van der Waals surface area contributed by atoms with Crippen LogP contribution in [0.15, 0.2) is 0 Å². The minimum atomic E-state index is -0.0862. The fraction of sp³-hybridized carbons (Fsp3) is 1.00. The fourth-order valence-corrected chi connectivity index (χ4v) is 3.12. The lowest BCUT2D eigenvalue weighted by molar-refractivity contribution is 0.111. The second-order valence-corrected chi connectivity index (χ2v) is 6.59. The third-order valence-electron chi connectivity index (χ3n) is 4.43. The van der Waals surface area contributed by atoms with Gasteiger partial charge in [-0.2, -0.15) is 0 Å². The molecule has 1 N–H and O–H groups in total. The Labute approximate surface area is 108 Å². The van der Waals surface area contributed by atoms with Crippen molar-refractivity contribution >= 4 is 0 Å². The van der Waals surface area contributed by atoms with Crippen molar-refractivity contribution in [3.63, 3.8) is 0 Å². The van der Waals surface area contributed by atoms with Gasteiger partial charge in [-0.3, -0.25) is 0 Å².